The molecule has 0 aromatic rings. The Balaban J connectivity index is 4.28. The van der Waals surface area contributed by atoms with Gasteiger partial charge in [-0.15, -0.1) is 0 Å². The Labute approximate surface area is 399 Å². The van der Waals surface area contributed by atoms with Crippen LogP contribution in [0.4, 0.5) is 0 Å². The van der Waals surface area contributed by atoms with Crippen molar-refractivity contribution in [2.75, 3.05) is 13.2 Å². The Bertz CT molecular complexity index is 964. The maximum atomic E-state index is 12.8. The van der Waals surface area contributed by atoms with Crippen LogP contribution in [0.25, 0.3) is 0 Å². The highest BCUT2D eigenvalue weighted by Crippen LogP contribution is 2.18. The Hall–Kier alpha value is -1.59. The van der Waals surface area contributed by atoms with Crippen LogP contribution in [0.2, 0.25) is 0 Å². The molecule has 0 spiro atoms. The first kappa shape index (κ1) is 62.4. The summed E-state index contributed by atoms with van der Waals surface area (Å²) in [6.45, 7) is 9.04. The smallest absolute Gasteiger partial charge is 0.306 e. The van der Waals surface area contributed by atoms with Crippen LogP contribution in [0.5, 0.6) is 0 Å². The van der Waals surface area contributed by atoms with Gasteiger partial charge in [0.15, 0.2) is 6.10 Å². The predicted molar refractivity (Wildman–Crippen MR) is 275 cm³/mol. The molecule has 0 aliphatic carbocycles. The summed E-state index contributed by atoms with van der Waals surface area (Å²) in [6.07, 6.45) is 56.7. The van der Waals surface area contributed by atoms with Gasteiger partial charge in [0.1, 0.15) is 13.2 Å². The number of hydrogen-bond donors (Lipinski definition) is 0. The summed E-state index contributed by atoms with van der Waals surface area (Å²) in [7, 11) is 0. The fourth-order valence-electron chi connectivity index (χ4n) is 8.92. The molecule has 0 amide bonds. The first-order chi connectivity index (χ1) is 31.4. The van der Waals surface area contributed by atoms with E-state index in [1.54, 1.807) is 0 Å². The lowest BCUT2D eigenvalue weighted by Crippen LogP contribution is -2.30. The molecule has 0 radical (unpaired) electrons. The van der Waals surface area contributed by atoms with Crippen molar-refractivity contribution in [1.29, 1.82) is 0 Å². The molecule has 380 valence electrons. The van der Waals surface area contributed by atoms with Crippen LogP contribution in [-0.4, -0.2) is 37.2 Å². The second kappa shape index (κ2) is 52.4. The van der Waals surface area contributed by atoms with E-state index in [0.29, 0.717) is 19.3 Å². The maximum Gasteiger partial charge on any atom is 0.306 e. The van der Waals surface area contributed by atoms with Crippen LogP contribution in [0.1, 0.15) is 329 Å². The fourth-order valence-corrected chi connectivity index (χ4v) is 8.92. The van der Waals surface area contributed by atoms with Crippen LogP contribution >= 0.6 is 0 Å². The molecule has 0 bridgehead atoms. The van der Waals surface area contributed by atoms with Crippen molar-refractivity contribution >= 4 is 17.9 Å². The summed E-state index contributed by atoms with van der Waals surface area (Å²) in [5, 5.41) is 0. The summed E-state index contributed by atoms with van der Waals surface area (Å²) in [6, 6.07) is 0. The van der Waals surface area contributed by atoms with E-state index in [1.165, 1.54) is 225 Å². The number of rotatable bonds is 53. The largest absolute Gasteiger partial charge is 0.462 e. The number of ether oxygens (including phenoxy) is 3. The van der Waals surface area contributed by atoms with E-state index in [2.05, 4.69) is 27.7 Å². The number of carbonyl (C=O) groups is 3. The van der Waals surface area contributed by atoms with Gasteiger partial charge in [-0.3, -0.25) is 14.4 Å². The highest BCUT2D eigenvalue weighted by Gasteiger charge is 2.19. The van der Waals surface area contributed by atoms with Crippen LogP contribution in [0.3, 0.4) is 0 Å². The third-order valence-corrected chi connectivity index (χ3v) is 13.3. The van der Waals surface area contributed by atoms with Gasteiger partial charge in [0.25, 0.3) is 0 Å². The highest BCUT2D eigenvalue weighted by molar-refractivity contribution is 5.71. The van der Waals surface area contributed by atoms with Crippen molar-refractivity contribution in [2.24, 2.45) is 5.92 Å². The number of carbonyl (C=O) groups excluding carboxylic acids is 3. The van der Waals surface area contributed by atoms with E-state index in [0.717, 1.165) is 63.7 Å². The van der Waals surface area contributed by atoms with Crippen LogP contribution in [0, 0.1) is 5.92 Å². The molecule has 0 heterocycles. The molecule has 0 aliphatic heterocycles. The summed E-state index contributed by atoms with van der Waals surface area (Å²) in [5.41, 5.74) is 0. The normalized spacial score (nSPS) is 12.0. The van der Waals surface area contributed by atoms with Gasteiger partial charge < -0.3 is 14.2 Å². The lowest BCUT2D eigenvalue weighted by molar-refractivity contribution is -0.167. The Morgan fingerprint density at radius 2 is 0.516 bits per heavy atom. The molecule has 0 fully saturated rings. The van der Waals surface area contributed by atoms with Crippen LogP contribution < -0.4 is 0 Å². The minimum Gasteiger partial charge on any atom is -0.462 e. The molecule has 0 aliphatic rings. The zero-order chi connectivity index (χ0) is 46.7. The van der Waals surface area contributed by atoms with Gasteiger partial charge in [0, 0.05) is 19.3 Å². The van der Waals surface area contributed by atoms with Gasteiger partial charge in [-0.05, 0) is 25.2 Å². The molecule has 0 rings (SSSR count). The molecule has 0 N–H and O–H groups in total. The fraction of sp³-hybridized carbons (Fsp3) is 0.948. The molecule has 0 aromatic heterocycles. The average molecular weight is 906 g/mol. The minimum atomic E-state index is -0.762. The summed E-state index contributed by atoms with van der Waals surface area (Å²) >= 11 is 0. The summed E-state index contributed by atoms with van der Waals surface area (Å²) in [4.78, 5) is 38.1. The van der Waals surface area contributed by atoms with E-state index >= 15 is 0 Å². The third kappa shape index (κ3) is 51.4. The van der Waals surface area contributed by atoms with Gasteiger partial charge in [-0.2, -0.15) is 0 Å². The summed E-state index contributed by atoms with van der Waals surface area (Å²) in [5.74, 6) is -0.0287. The quantitative estimate of drug-likeness (QED) is 0.0344. The van der Waals surface area contributed by atoms with Crippen molar-refractivity contribution in [3.8, 4) is 0 Å². The van der Waals surface area contributed by atoms with Gasteiger partial charge >= 0.3 is 17.9 Å². The Morgan fingerprint density at radius 3 is 0.766 bits per heavy atom. The molecule has 64 heavy (non-hydrogen) atoms. The SMILES string of the molecule is CCCCCCCCCCCCCCCCCCCC(=O)OC[C@H](COC(=O)CCCCCCCCCCCC(C)C)OC(=O)CCCCCCCCCCCCCCCCCCC. The van der Waals surface area contributed by atoms with E-state index in [-0.39, 0.29) is 31.1 Å². The molecule has 0 unspecified atom stereocenters. The van der Waals surface area contributed by atoms with E-state index in [9.17, 15) is 14.4 Å². The van der Waals surface area contributed by atoms with Gasteiger partial charge in [-0.25, -0.2) is 0 Å². The molecule has 0 saturated carbocycles. The molecule has 6 nitrogen and oxygen atoms in total. The van der Waals surface area contributed by atoms with E-state index in [4.69, 9.17) is 14.2 Å². The molecule has 0 saturated heterocycles. The monoisotopic (exact) mass is 905 g/mol. The number of esters is 3. The van der Waals surface area contributed by atoms with E-state index in [1.807, 2.05) is 0 Å². The zero-order valence-corrected chi connectivity index (χ0v) is 43.8. The Kier molecular flexibility index (Phi) is 51.1. The third-order valence-electron chi connectivity index (χ3n) is 13.3. The molecular weight excluding hydrogens is 793 g/mol. The second-order valence-corrected chi connectivity index (χ2v) is 20.4. The average Bonchev–Trinajstić information content (AvgIpc) is 3.28. The minimum absolute atomic E-state index is 0.0622. The number of hydrogen-bond acceptors (Lipinski definition) is 6. The standard InChI is InChI=1S/C58H112O6/c1-5-7-9-11-13-15-17-19-21-23-25-27-29-33-37-41-45-49-56(59)62-52-55(53-63-57(60)50-46-42-38-35-31-32-36-40-44-48-54(3)4)64-58(61)51-47-43-39-34-30-28-26-24-22-20-18-16-14-12-10-8-6-2/h54-55H,5-53H2,1-4H3/t55-/m1/s1. The zero-order valence-electron chi connectivity index (χ0n) is 43.8. The van der Waals surface area contributed by atoms with Gasteiger partial charge in [0.2, 0.25) is 0 Å². The van der Waals surface area contributed by atoms with Gasteiger partial charge in [-0.1, -0.05) is 291 Å². The molecule has 6 heteroatoms. The van der Waals surface area contributed by atoms with Crippen molar-refractivity contribution in [2.45, 2.75) is 336 Å². The molecular formula is C58H112O6. The lowest BCUT2D eigenvalue weighted by Gasteiger charge is -2.18. The predicted octanol–water partition coefficient (Wildman–Crippen LogP) is 19.0. The van der Waals surface area contributed by atoms with Crippen molar-refractivity contribution in [1.82, 2.24) is 0 Å². The van der Waals surface area contributed by atoms with Crippen molar-refractivity contribution in [3.63, 3.8) is 0 Å². The van der Waals surface area contributed by atoms with Gasteiger partial charge in [0.05, 0.1) is 0 Å². The molecule has 1 atom stereocenters. The van der Waals surface area contributed by atoms with Crippen molar-refractivity contribution < 1.29 is 28.6 Å². The van der Waals surface area contributed by atoms with Crippen molar-refractivity contribution in [3.05, 3.63) is 0 Å². The van der Waals surface area contributed by atoms with E-state index < -0.39 is 6.10 Å². The first-order valence-electron chi connectivity index (χ1n) is 28.9. The number of unbranched alkanes of at least 4 members (excludes halogenated alkanes) is 40. The van der Waals surface area contributed by atoms with Crippen LogP contribution in [-0.2, 0) is 28.6 Å². The van der Waals surface area contributed by atoms with Crippen LogP contribution in [0.15, 0.2) is 0 Å². The Morgan fingerprint density at radius 1 is 0.297 bits per heavy atom. The maximum absolute atomic E-state index is 12.8. The molecule has 0 aromatic carbocycles. The lowest BCUT2D eigenvalue weighted by atomic mass is 10.0. The topological polar surface area (TPSA) is 78.9 Å². The first-order valence-corrected chi connectivity index (χ1v) is 28.9. The summed E-state index contributed by atoms with van der Waals surface area (Å²) < 4.78 is 16.9. The second-order valence-electron chi connectivity index (χ2n) is 20.4. The highest BCUT2D eigenvalue weighted by atomic mass is 16.6.